The van der Waals surface area contributed by atoms with E-state index >= 15 is 0 Å². The quantitative estimate of drug-likeness (QED) is 0.525. The summed E-state index contributed by atoms with van der Waals surface area (Å²) in [5.41, 5.74) is 6.29. The number of anilines is 1. The maximum atomic E-state index is 13.0. The fraction of sp³-hybridized carbons (Fsp3) is 0. The Hall–Kier alpha value is -2.77. The van der Waals surface area contributed by atoms with Gasteiger partial charge in [-0.15, -0.1) is 0 Å². The standard InChI is InChI=1S/C18H13N3O2S2/c19-18-20-16-8-7-14(10-15(16)17(24)21-18)25(22,23)13-6-5-11-3-1-2-4-12(11)9-13/h1-10H,(H3,19,20,21,24). The summed E-state index contributed by atoms with van der Waals surface area (Å²) in [6, 6.07) is 17.4. The van der Waals surface area contributed by atoms with Crippen molar-refractivity contribution in [3.8, 4) is 0 Å². The maximum absolute atomic E-state index is 13.0. The highest BCUT2D eigenvalue weighted by Crippen LogP contribution is 2.27. The first-order chi connectivity index (χ1) is 11.9. The third kappa shape index (κ3) is 2.67. The highest BCUT2D eigenvalue weighted by atomic mass is 32.2. The van der Waals surface area contributed by atoms with Crippen LogP contribution in [0.2, 0.25) is 0 Å². The molecule has 0 amide bonds. The van der Waals surface area contributed by atoms with Gasteiger partial charge >= 0.3 is 0 Å². The lowest BCUT2D eigenvalue weighted by Gasteiger charge is -2.08. The van der Waals surface area contributed by atoms with E-state index < -0.39 is 9.84 Å². The molecule has 25 heavy (non-hydrogen) atoms. The van der Waals surface area contributed by atoms with E-state index in [4.69, 9.17) is 18.0 Å². The van der Waals surface area contributed by atoms with Gasteiger partial charge in [-0.2, -0.15) is 0 Å². The van der Waals surface area contributed by atoms with Crippen LogP contribution in [-0.2, 0) is 9.84 Å². The Kier molecular flexibility index (Phi) is 3.55. The van der Waals surface area contributed by atoms with E-state index in [1.54, 1.807) is 24.3 Å². The predicted molar refractivity (Wildman–Crippen MR) is 101 cm³/mol. The third-order valence-corrected chi connectivity index (χ3v) is 6.11. The van der Waals surface area contributed by atoms with Crippen LogP contribution in [0.4, 0.5) is 5.95 Å². The molecule has 4 rings (SSSR count). The Morgan fingerprint density at radius 3 is 2.40 bits per heavy atom. The van der Waals surface area contributed by atoms with Crippen molar-refractivity contribution in [3.63, 3.8) is 0 Å². The number of aromatic amines is 1. The molecule has 0 bridgehead atoms. The van der Waals surface area contributed by atoms with Gasteiger partial charge in [0.2, 0.25) is 9.84 Å². The maximum Gasteiger partial charge on any atom is 0.206 e. The Balaban J connectivity index is 1.92. The number of H-pyrrole nitrogens is 1. The van der Waals surface area contributed by atoms with Gasteiger partial charge in [0.15, 0.2) is 5.95 Å². The molecule has 1 aromatic heterocycles. The number of fused-ring (bicyclic) bond motifs is 2. The molecule has 0 atom stereocenters. The molecule has 0 aliphatic rings. The van der Waals surface area contributed by atoms with E-state index in [1.165, 1.54) is 12.1 Å². The van der Waals surface area contributed by atoms with E-state index in [1.807, 2.05) is 24.3 Å². The molecule has 0 saturated heterocycles. The zero-order chi connectivity index (χ0) is 17.6. The van der Waals surface area contributed by atoms with E-state index in [0.29, 0.717) is 10.9 Å². The second kappa shape index (κ2) is 5.65. The normalized spacial score (nSPS) is 11.8. The number of rotatable bonds is 2. The van der Waals surface area contributed by atoms with Crippen LogP contribution in [0.5, 0.6) is 0 Å². The van der Waals surface area contributed by atoms with Crippen molar-refractivity contribution < 1.29 is 8.42 Å². The van der Waals surface area contributed by atoms with Crippen LogP contribution in [0.3, 0.4) is 0 Å². The summed E-state index contributed by atoms with van der Waals surface area (Å²) >= 11 is 5.20. The molecule has 0 fully saturated rings. The highest BCUT2D eigenvalue weighted by molar-refractivity contribution is 7.91. The van der Waals surface area contributed by atoms with Crippen LogP contribution in [0.1, 0.15) is 0 Å². The Morgan fingerprint density at radius 1 is 0.920 bits per heavy atom. The van der Waals surface area contributed by atoms with Gasteiger partial charge in [-0.1, -0.05) is 42.5 Å². The molecule has 0 unspecified atom stereocenters. The predicted octanol–water partition coefficient (Wildman–Crippen LogP) is 3.86. The molecule has 4 aromatic rings. The van der Waals surface area contributed by atoms with Crippen LogP contribution in [-0.4, -0.2) is 18.4 Å². The summed E-state index contributed by atoms with van der Waals surface area (Å²) in [7, 11) is -3.67. The second-order valence-electron chi connectivity index (χ2n) is 5.65. The first kappa shape index (κ1) is 15.7. The fourth-order valence-corrected chi connectivity index (χ4v) is 4.37. The molecular weight excluding hydrogens is 354 g/mol. The zero-order valence-corrected chi connectivity index (χ0v) is 14.6. The van der Waals surface area contributed by atoms with Crippen LogP contribution in [0.25, 0.3) is 21.7 Å². The van der Waals surface area contributed by atoms with Crippen molar-refractivity contribution in [2.45, 2.75) is 9.79 Å². The van der Waals surface area contributed by atoms with Gasteiger partial charge in [0.25, 0.3) is 0 Å². The lowest BCUT2D eigenvalue weighted by Crippen LogP contribution is -2.03. The Morgan fingerprint density at radius 2 is 1.60 bits per heavy atom. The Bertz CT molecular complexity index is 1290. The molecule has 3 N–H and O–H groups in total. The molecule has 0 radical (unpaired) electrons. The van der Waals surface area contributed by atoms with Crippen molar-refractivity contribution in [1.29, 1.82) is 0 Å². The summed E-state index contributed by atoms with van der Waals surface area (Å²) in [5.74, 6) is 0.197. The fourth-order valence-electron chi connectivity index (χ4n) is 2.78. The number of hydrogen-bond donors (Lipinski definition) is 2. The molecule has 5 nitrogen and oxygen atoms in total. The van der Waals surface area contributed by atoms with E-state index in [9.17, 15) is 8.42 Å². The largest absolute Gasteiger partial charge is 0.369 e. The molecular formula is C18H13N3O2S2. The molecule has 3 aromatic carbocycles. The van der Waals surface area contributed by atoms with E-state index in [2.05, 4.69) is 9.97 Å². The molecule has 124 valence electrons. The first-order valence-electron chi connectivity index (χ1n) is 7.49. The lowest BCUT2D eigenvalue weighted by molar-refractivity contribution is 0.596. The van der Waals surface area contributed by atoms with Crippen molar-refractivity contribution >= 4 is 49.7 Å². The number of aromatic nitrogens is 2. The second-order valence-corrected chi connectivity index (χ2v) is 7.98. The summed E-state index contributed by atoms with van der Waals surface area (Å²) < 4.78 is 26.3. The van der Waals surface area contributed by atoms with Gasteiger partial charge in [-0.3, -0.25) is 0 Å². The van der Waals surface area contributed by atoms with Gasteiger partial charge in [0.05, 0.1) is 15.3 Å². The summed E-state index contributed by atoms with van der Waals surface area (Å²) in [4.78, 5) is 7.27. The average Bonchev–Trinajstić information content (AvgIpc) is 2.60. The number of hydrogen-bond acceptors (Lipinski definition) is 5. The Labute approximate surface area is 149 Å². The molecule has 0 aliphatic carbocycles. The van der Waals surface area contributed by atoms with Crippen LogP contribution < -0.4 is 5.73 Å². The number of benzene rings is 3. The summed E-state index contributed by atoms with van der Waals surface area (Å²) in [6.07, 6.45) is 0. The number of nitrogens with zero attached hydrogens (tertiary/aromatic N) is 1. The molecule has 0 spiro atoms. The minimum Gasteiger partial charge on any atom is -0.369 e. The van der Waals surface area contributed by atoms with Gasteiger partial charge in [-0.25, -0.2) is 13.4 Å². The van der Waals surface area contributed by atoms with Gasteiger partial charge in [-0.05, 0) is 41.1 Å². The van der Waals surface area contributed by atoms with Crippen molar-refractivity contribution in [1.82, 2.24) is 9.97 Å². The van der Waals surface area contributed by atoms with Crippen molar-refractivity contribution in [2.75, 3.05) is 5.73 Å². The SMILES string of the molecule is Nc1nc(=S)c2cc(S(=O)(=O)c3ccc4ccccc4c3)ccc2[nH]1. The van der Waals surface area contributed by atoms with Gasteiger partial charge in [0, 0.05) is 5.39 Å². The van der Waals surface area contributed by atoms with E-state index in [-0.39, 0.29) is 20.4 Å². The summed E-state index contributed by atoms with van der Waals surface area (Å²) in [5, 5.41) is 2.41. The number of nitrogen functional groups attached to an aromatic ring is 1. The smallest absolute Gasteiger partial charge is 0.206 e. The molecule has 0 aliphatic heterocycles. The minimum absolute atomic E-state index is 0.168. The number of sulfone groups is 1. The topological polar surface area (TPSA) is 88.8 Å². The molecule has 7 heteroatoms. The van der Waals surface area contributed by atoms with E-state index in [0.717, 1.165) is 10.8 Å². The number of nitrogens with two attached hydrogens (primary N) is 1. The van der Waals surface area contributed by atoms with Crippen molar-refractivity contribution in [3.05, 3.63) is 65.3 Å². The number of nitrogens with one attached hydrogen (secondary N) is 1. The lowest BCUT2D eigenvalue weighted by atomic mass is 10.1. The van der Waals surface area contributed by atoms with Crippen LogP contribution in [0, 0.1) is 4.64 Å². The van der Waals surface area contributed by atoms with Crippen molar-refractivity contribution in [2.24, 2.45) is 0 Å². The van der Waals surface area contributed by atoms with Gasteiger partial charge < -0.3 is 10.7 Å². The third-order valence-electron chi connectivity index (χ3n) is 4.05. The van der Waals surface area contributed by atoms with Crippen LogP contribution in [0.15, 0.2) is 70.5 Å². The van der Waals surface area contributed by atoms with Gasteiger partial charge in [0.1, 0.15) is 4.64 Å². The average molecular weight is 367 g/mol. The zero-order valence-electron chi connectivity index (χ0n) is 12.9. The monoisotopic (exact) mass is 367 g/mol. The minimum atomic E-state index is -3.67. The first-order valence-corrected chi connectivity index (χ1v) is 9.38. The molecule has 1 heterocycles. The summed E-state index contributed by atoms with van der Waals surface area (Å²) in [6.45, 7) is 0. The molecule has 0 saturated carbocycles. The highest BCUT2D eigenvalue weighted by Gasteiger charge is 2.19. The van der Waals surface area contributed by atoms with Crippen LogP contribution >= 0.6 is 12.2 Å².